The first-order valence-corrected chi connectivity index (χ1v) is 12.0. The molecule has 0 aromatic heterocycles. The van der Waals surface area contributed by atoms with Crippen LogP contribution in [0.1, 0.15) is 66.2 Å². The zero-order valence-corrected chi connectivity index (χ0v) is 20.2. The maximum Gasteiger partial charge on any atom is 0.253 e. The third kappa shape index (κ3) is 7.43. The van der Waals surface area contributed by atoms with Crippen LogP contribution in [-0.2, 0) is 23.8 Å². The van der Waals surface area contributed by atoms with Crippen molar-refractivity contribution < 1.29 is 23.8 Å². The predicted molar refractivity (Wildman–Crippen MR) is 123 cm³/mol. The van der Waals surface area contributed by atoms with E-state index in [1.165, 1.54) is 29.9 Å². The second-order valence-corrected chi connectivity index (χ2v) is 10.4. The molecule has 0 aromatic carbocycles. The van der Waals surface area contributed by atoms with Gasteiger partial charge in [0.05, 0.1) is 37.6 Å². The molecule has 6 nitrogen and oxygen atoms in total. The van der Waals surface area contributed by atoms with Gasteiger partial charge in [-0.2, -0.15) is 0 Å². The monoisotopic (exact) mass is 445 g/mol. The van der Waals surface area contributed by atoms with Crippen molar-refractivity contribution in [3.05, 3.63) is 12.2 Å². The predicted octanol–water partition coefficient (Wildman–Crippen LogP) is 3.74. The third-order valence-corrected chi connectivity index (χ3v) is 6.91. The first-order chi connectivity index (χ1) is 15.2. The summed E-state index contributed by atoms with van der Waals surface area (Å²) in [4.78, 5) is 24.2. The minimum absolute atomic E-state index is 0.205. The van der Waals surface area contributed by atoms with E-state index in [-0.39, 0.29) is 29.6 Å². The molecule has 0 saturated heterocycles. The zero-order chi connectivity index (χ0) is 23.2. The Balaban J connectivity index is 1.25. The number of imide groups is 1. The molecule has 0 N–H and O–H groups in total. The molecule has 1 saturated carbocycles. The van der Waals surface area contributed by atoms with Crippen molar-refractivity contribution in [1.29, 1.82) is 0 Å². The van der Waals surface area contributed by atoms with Gasteiger partial charge in [-0.05, 0) is 71.1 Å². The van der Waals surface area contributed by atoms with Crippen LogP contribution >= 0.6 is 0 Å². The molecule has 32 heavy (non-hydrogen) atoms. The fraction of sp³-hybridized carbons (Fsp3) is 0.769. The van der Waals surface area contributed by atoms with Crippen LogP contribution in [0.5, 0.6) is 0 Å². The van der Waals surface area contributed by atoms with Crippen LogP contribution in [0.25, 0.3) is 0 Å². The average molecular weight is 446 g/mol. The van der Waals surface area contributed by atoms with Gasteiger partial charge in [0.2, 0.25) is 0 Å². The number of carbonyl (C=O) groups is 2. The summed E-state index contributed by atoms with van der Waals surface area (Å²) in [6, 6.07) is 0. The summed E-state index contributed by atoms with van der Waals surface area (Å²) in [5.41, 5.74) is -0.511. The summed E-state index contributed by atoms with van der Waals surface area (Å²) in [5, 5.41) is 0. The van der Waals surface area contributed by atoms with Crippen molar-refractivity contribution in [1.82, 2.24) is 4.90 Å². The van der Waals surface area contributed by atoms with Crippen molar-refractivity contribution in [2.24, 2.45) is 17.8 Å². The van der Waals surface area contributed by atoms with Gasteiger partial charge in [0.1, 0.15) is 0 Å². The van der Waals surface area contributed by atoms with E-state index < -0.39 is 0 Å². The Morgan fingerprint density at radius 1 is 0.875 bits per heavy atom. The summed E-state index contributed by atoms with van der Waals surface area (Å²) in [6.07, 6.45) is 8.70. The number of hydrogen-bond acceptors (Lipinski definition) is 5. The number of fused-ring (bicyclic) bond motifs is 1. The molecule has 2 atom stereocenters. The van der Waals surface area contributed by atoms with E-state index in [2.05, 4.69) is 39.5 Å². The quantitative estimate of drug-likeness (QED) is 0.245. The van der Waals surface area contributed by atoms with E-state index in [1.807, 2.05) is 0 Å². The van der Waals surface area contributed by atoms with Crippen LogP contribution in [0.15, 0.2) is 12.2 Å². The molecule has 2 unspecified atom stereocenters. The first kappa shape index (κ1) is 25.0. The highest BCUT2D eigenvalue weighted by atomic mass is 16.5. The van der Waals surface area contributed by atoms with Crippen LogP contribution in [0.4, 0.5) is 0 Å². The standard InChI is InChI=1S/C26H39NO5/c1-25(2,13-16-30-18-15-27-23(28)11-12-24(27)29)31-17-14-26(3,4)32-19-22-20-9-7-5-6-8-10-21(20)22/h11-12,20-22H,7-10,13-19H2,1-4H3. The lowest BCUT2D eigenvalue weighted by Gasteiger charge is -2.30. The molecule has 2 amide bonds. The summed E-state index contributed by atoms with van der Waals surface area (Å²) in [6.45, 7) is 11.0. The van der Waals surface area contributed by atoms with E-state index in [0.717, 1.165) is 44.1 Å². The van der Waals surface area contributed by atoms with Crippen LogP contribution in [0, 0.1) is 29.6 Å². The van der Waals surface area contributed by atoms with E-state index in [0.29, 0.717) is 25.7 Å². The minimum atomic E-state index is -0.307. The molecular weight excluding hydrogens is 406 g/mol. The van der Waals surface area contributed by atoms with E-state index in [4.69, 9.17) is 14.2 Å². The van der Waals surface area contributed by atoms with Gasteiger partial charge in [-0.3, -0.25) is 14.5 Å². The largest absolute Gasteiger partial charge is 0.379 e. The van der Waals surface area contributed by atoms with Gasteiger partial charge in [-0.25, -0.2) is 0 Å². The Labute approximate surface area is 193 Å². The Morgan fingerprint density at radius 3 is 2.06 bits per heavy atom. The summed E-state index contributed by atoms with van der Waals surface area (Å²) in [5.74, 6) is 8.32. The second kappa shape index (κ2) is 11.0. The Kier molecular flexibility index (Phi) is 8.55. The summed E-state index contributed by atoms with van der Waals surface area (Å²) >= 11 is 0. The fourth-order valence-electron chi connectivity index (χ4n) is 4.55. The lowest BCUT2D eigenvalue weighted by atomic mass is 10.0. The lowest BCUT2D eigenvalue weighted by molar-refractivity contribution is -0.137. The highest BCUT2D eigenvalue weighted by Gasteiger charge is 2.49. The second-order valence-electron chi connectivity index (χ2n) is 10.4. The summed E-state index contributed by atoms with van der Waals surface area (Å²) < 4.78 is 18.1. The number of ether oxygens (including phenoxy) is 3. The normalized spacial score (nSPS) is 25.2. The van der Waals surface area contributed by atoms with Crippen molar-refractivity contribution in [3.63, 3.8) is 0 Å². The van der Waals surface area contributed by atoms with Crippen molar-refractivity contribution in [3.8, 4) is 11.8 Å². The number of carbonyl (C=O) groups excluding carboxylic acids is 2. The van der Waals surface area contributed by atoms with Crippen molar-refractivity contribution in [2.45, 2.75) is 77.4 Å². The van der Waals surface area contributed by atoms with Crippen molar-refractivity contribution in [2.75, 3.05) is 33.0 Å². The van der Waals surface area contributed by atoms with Gasteiger partial charge >= 0.3 is 0 Å². The van der Waals surface area contributed by atoms with E-state index in [1.54, 1.807) is 0 Å². The van der Waals surface area contributed by atoms with Gasteiger partial charge in [-0.1, -0.05) is 0 Å². The molecule has 1 aliphatic heterocycles. The SMILES string of the molecule is CC(C)(CCOCCN1C(=O)C=CC1=O)OCCC(C)(C)OCC1C2CCC#CCCC21. The molecule has 2 aliphatic carbocycles. The van der Waals surface area contributed by atoms with Crippen LogP contribution < -0.4 is 0 Å². The topological polar surface area (TPSA) is 65.1 Å². The van der Waals surface area contributed by atoms with Gasteiger partial charge in [0.25, 0.3) is 11.8 Å². The Hall–Kier alpha value is -1.68. The smallest absolute Gasteiger partial charge is 0.253 e. The Bertz CT molecular complexity index is 724. The van der Waals surface area contributed by atoms with Gasteiger partial charge in [0, 0.05) is 31.6 Å². The fourth-order valence-corrected chi connectivity index (χ4v) is 4.55. The maximum absolute atomic E-state index is 11.5. The van der Waals surface area contributed by atoms with Gasteiger partial charge in [0.15, 0.2) is 0 Å². The molecule has 1 heterocycles. The van der Waals surface area contributed by atoms with Crippen LogP contribution in [0.3, 0.4) is 0 Å². The lowest BCUT2D eigenvalue weighted by Crippen LogP contribution is -2.34. The highest BCUT2D eigenvalue weighted by molar-refractivity contribution is 6.12. The van der Waals surface area contributed by atoms with E-state index >= 15 is 0 Å². The Morgan fingerprint density at radius 2 is 1.44 bits per heavy atom. The molecule has 178 valence electrons. The molecule has 1 fully saturated rings. The third-order valence-electron chi connectivity index (χ3n) is 6.91. The number of amides is 2. The highest BCUT2D eigenvalue weighted by Crippen LogP contribution is 2.52. The molecule has 6 heteroatoms. The van der Waals surface area contributed by atoms with Gasteiger partial charge < -0.3 is 14.2 Å². The number of nitrogens with zero attached hydrogens (tertiary/aromatic N) is 1. The molecule has 0 radical (unpaired) electrons. The maximum atomic E-state index is 11.5. The van der Waals surface area contributed by atoms with Crippen LogP contribution in [0.2, 0.25) is 0 Å². The van der Waals surface area contributed by atoms with Crippen LogP contribution in [-0.4, -0.2) is 60.9 Å². The van der Waals surface area contributed by atoms with Crippen molar-refractivity contribution >= 4 is 11.8 Å². The average Bonchev–Trinajstić information content (AvgIpc) is 3.24. The molecule has 0 bridgehead atoms. The minimum Gasteiger partial charge on any atom is -0.379 e. The first-order valence-electron chi connectivity index (χ1n) is 12.0. The molecule has 3 rings (SSSR count). The molecule has 0 aromatic rings. The van der Waals surface area contributed by atoms with E-state index in [9.17, 15) is 9.59 Å². The number of rotatable bonds is 13. The molecule has 3 aliphatic rings. The number of hydrogen-bond donors (Lipinski definition) is 0. The van der Waals surface area contributed by atoms with Gasteiger partial charge in [-0.15, -0.1) is 11.8 Å². The summed E-state index contributed by atoms with van der Waals surface area (Å²) in [7, 11) is 0. The zero-order valence-electron chi connectivity index (χ0n) is 20.2. The molecular formula is C26H39NO5. The molecule has 0 spiro atoms.